The van der Waals surface area contributed by atoms with Crippen LogP contribution in [0.1, 0.15) is 34.1 Å². The van der Waals surface area contributed by atoms with Gasteiger partial charge in [-0.2, -0.15) is 0 Å². The lowest BCUT2D eigenvalue weighted by atomic mass is 10.1. The van der Waals surface area contributed by atoms with Crippen molar-refractivity contribution in [3.8, 4) is 0 Å². The molecule has 0 aromatic carbocycles. The molecule has 2 N–H and O–H groups in total. The summed E-state index contributed by atoms with van der Waals surface area (Å²) in [7, 11) is 1.40. The summed E-state index contributed by atoms with van der Waals surface area (Å²) < 4.78 is 4.67. The van der Waals surface area contributed by atoms with Gasteiger partial charge in [-0.3, -0.25) is 9.79 Å². The first-order valence-corrected chi connectivity index (χ1v) is 6.61. The van der Waals surface area contributed by atoms with E-state index in [1.807, 2.05) is 13.8 Å². The Kier molecular flexibility index (Phi) is 13.7. The van der Waals surface area contributed by atoms with Gasteiger partial charge in [-0.05, 0) is 19.3 Å². The third-order valence-corrected chi connectivity index (χ3v) is 2.49. The molecule has 0 fully saturated rings. The van der Waals surface area contributed by atoms with Crippen LogP contribution in [-0.4, -0.2) is 38.7 Å². The molecule has 0 saturated heterocycles. The van der Waals surface area contributed by atoms with Crippen LogP contribution in [-0.2, 0) is 9.53 Å². The molecule has 1 unspecified atom stereocenters. The topological polar surface area (TPSA) is 62.7 Å². The summed E-state index contributed by atoms with van der Waals surface area (Å²) in [5, 5.41) is 6.41. The first kappa shape index (κ1) is 20.8. The highest BCUT2D eigenvalue weighted by molar-refractivity contribution is 14.0. The molecule has 114 valence electrons. The second-order valence-corrected chi connectivity index (χ2v) is 4.75. The highest BCUT2D eigenvalue weighted by Crippen LogP contribution is 1.99. The molecule has 0 saturated carbocycles. The van der Waals surface area contributed by atoms with Crippen molar-refractivity contribution in [1.82, 2.24) is 10.6 Å². The van der Waals surface area contributed by atoms with Gasteiger partial charge in [0.05, 0.1) is 19.6 Å². The molecule has 0 amide bonds. The van der Waals surface area contributed by atoms with E-state index in [0.717, 1.165) is 25.5 Å². The molecule has 1 atom stereocenters. The van der Waals surface area contributed by atoms with Gasteiger partial charge in [0, 0.05) is 13.1 Å². The number of nitrogens with one attached hydrogen (secondary N) is 2. The van der Waals surface area contributed by atoms with E-state index in [2.05, 4.69) is 34.2 Å². The fourth-order valence-corrected chi connectivity index (χ4v) is 1.32. The van der Waals surface area contributed by atoms with E-state index in [-0.39, 0.29) is 35.9 Å². The number of aliphatic imine (C=N–C) groups is 1. The highest BCUT2D eigenvalue weighted by Gasteiger charge is 2.12. The molecule has 0 radical (unpaired) electrons. The predicted molar refractivity (Wildman–Crippen MR) is 90.0 cm³/mol. The molecule has 0 aliphatic rings. The van der Waals surface area contributed by atoms with Gasteiger partial charge in [0.25, 0.3) is 0 Å². The number of ether oxygens (including phenoxy) is 1. The number of guanidine groups is 1. The number of hydrogen-bond donors (Lipinski definition) is 2. The molecule has 0 rings (SSSR count). The van der Waals surface area contributed by atoms with Crippen molar-refractivity contribution < 1.29 is 9.53 Å². The number of methoxy groups -OCH3 is 1. The third-order valence-electron chi connectivity index (χ3n) is 2.49. The summed E-state index contributed by atoms with van der Waals surface area (Å²) in [6, 6.07) is 0. The largest absolute Gasteiger partial charge is 0.469 e. The number of nitrogens with zero attached hydrogens (tertiary/aromatic N) is 1. The highest BCUT2D eigenvalue weighted by atomic mass is 127. The van der Waals surface area contributed by atoms with Crippen molar-refractivity contribution in [3.63, 3.8) is 0 Å². The summed E-state index contributed by atoms with van der Waals surface area (Å²) in [6.45, 7) is 10.3. The van der Waals surface area contributed by atoms with E-state index >= 15 is 0 Å². The number of carbonyl (C=O) groups is 1. The molecule has 6 heteroatoms. The molecule has 5 nitrogen and oxygen atoms in total. The van der Waals surface area contributed by atoms with Gasteiger partial charge in [0.2, 0.25) is 0 Å². The fraction of sp³-hybridized carbons (Fsp3) is 0.846. The molecule has 0 spiro atoms. The lowest BCUT2D eigenvalue weighted by Crippen LogP contribution is -2.38. The van der Waals surface area contributed by atoms with Gasteiger partial charge in [-0.15, -0.1) is 24.0 Å². The summed E-state index contributed by atoms with van der Waals surface area (Å²) in [4.78, 5) is 15.6. The van der Waals surface area contributed by atoms with E-state index in [1.165, 1.54) is 7.11 Å². The lowest BCUT2D eigenvalue weighted by Gasteiger charge is -2.13. The van der Waals surface area contributed by atoms with Crippen LogP contribution >= 0.6 is 24.0 Å². The smallest absolute Gasteiger partial charge is 0.310 e. The maximum Gasteiger partial charge on any atom is 0.310 e. The Hall–Kier alpha value is -0.530. The van der Waals surface area contributed by atoms with Crippen LogP contribution in [0.5, 0.6) is 0 Å². The maximum atomic E-state index is 11.3. The SMILES string of the molecule is CCNC(=NCC(C)C(=O)OC)NCCC(C)C.I. The van der Waals surface area contributed by atoms with Crippen molar-refractivity contribution in [1.29, 1.82) is 0 Å². The van der Waals surface area contributed by atoms with Gasteiger partial charge in [0.15, 0.2) is 5.96 Å². The Morgan fingerprint density at radius 1 is 1.26 bits per heavy atom. The van der Waals surface area contributed by atoms with E-state index in [4.69, 9.17) is 0 Å². The van der Waals surface area contributed by atoms with Gasteiger partial charge < -0.3 is 15.4 Å². The van der Waals surface area contributed by atoms with Crippen molar-refractivity contribution in [2.45, 2.75) is 34.1 Å². The normalized spacial score (nSPS) is 12.6. The minimum Gasteiger partial charge on any atom is -0.469 e. The molecule has 0 heterocycles. The van der Waals surface area contributed by atoms with Gasteiger partial charge >= 0.3 is 5.97 Å². The van der Waals surface area contributed by atoms with Crippen LogP contribution in [0.4, 0.5) is 0 Å². The van der Waals surface area contributed by atoms with Crippen LogP contribution in [0, 0.1) is 11.8 Å². The summed E-state index contributed by atoms with van der Waals surface area (Å²) in [6.07, 6.45) is 1.09. The quantitative estimate of drug-likeness (QED) is 0.305. The molecular weight excluding hydrogens is 357 g/mol. The molecule has 0 aliphatic heterocycles. The molecule has 19 heavy (non-hydrogen) atoms. The predicted octanol–water partition coefficient (Wildman–Crippen LogP) is 2.01. The number of hydrogen-bond acceptors (Lipinski definition) is 3. The monoisotopic (exact) mass is 385 g/mol. The molecule has 0 bridgehead atoms. The first-order valence-electron chi connectivity index (χ1n) is 6.61. The Morgan fingerprint density at radius 3 is 2.37 bits per heavy atom. The van der Waals surface area contributed by atoms with Gasteiger partial charge in [0.1, 0.15) is 0 Å². The van der Waals surface area contributed by atoms with Crippen molar-refractivity contribution in [2.75, 3.05) is 26.7 Å². The zero-order chi connectivity index (χ0) is 14.0. The Labute approximate surface area is 134 Å². The van der Waals surface area contributed by atoms with E-state index in [9.17, 15) is 4.79 Å². The second-order valence-electron chi connectivity index (χ2n) is 4.75. The Balaban J connectivity index is 0. The minimum atomic E-state index is -0.225. The molecule has 0 aromatic heterocycles. The van der Waals surface area contributed by atoms with Crippen LogP contribution < -0.4 is 10.6 Å². The third kappa shape index (κ3) is 11.0. The first-order chi connectivity index (χ1) is 8.51. The van der Waals surface area contributed by atoms with E-state index in [1.54, 1.807) is 0 Å². The Morgan fingerprint density at radius 2 is 1.89 bits per heavy atom. The number of halogens is 1. The van der Waals surface area contributed by atoms with Crippen molar-refractivity contribution >= 4 is 35.9 Å². The van der Waals surface area contributed by atoms with E-state index < -0.39 is 0 Å². The van der Waals surface area contributed by atoms with Gasteiger partial charge in [-0.1, -0.05) is 20.8 Å². The van der Waals surface area contributed by atoms with Crippen molar-refractivity contribution in [2.24, 2.45) is 16.8 Å². The molecule has 0 aromatic rings. The van der Waals surface area contributed by atoms with Crippen LogP contribution in [0.15, 0.2) is 4.99 Å². The number of carbonyl (C=O) groups excluding carboxylic acids is 1. The fourth-order valence-electron chi connectivity index (χ4n) is 1.32. The number of esters is 1. The lowest BCUT2D eigenvalue weighted by molar-refractivity contribution is -0.144. The summed E-state index contributed by atoms with van der Waals surface area (Å²) in [5.41, 5.74) is 0. The minimum absolute atomic E-state index is 0. The van der Waals surface area contributed by atoms with Crippen LogP contribution in [0.3, 0.4) is 0 Å². The average molecular weight is 385 g/mol. The summed E-state index contributed by atoms with van der Waals surface area (Å²) >= 11 is 0. The van der Waals surface area contributed by atoms with E-state index in [0.29, 0.717) is 12.5 Å². The molecular formula is C13H28IN3O2. The van der Waals surface area contributed by atoms with Crippen LogP contribution in [0.25, 0.3) is 0 Å². The second kappa shape index (κ2) is 12.5. The van der Waals surface area contributed by atoms with Crippen LogP contribution in [0.2, 0.25) is 0 Å². The molecule has 0 aliphatic carbocycles. The zero-order valence-electron chi connectivity index (χ0n) is 12.7. The number of rotatable bonds is 7. The standard InChI is InChI=1S/C13H27N3O2.HI/c1-6-14-13(15-8-7-10(2)3)16-9-11(4)12(17)18-5;/h10-11H,6-9H2,1-5H3,(H2,14,15,16);1H. The summed E-state index contributed by atoms with van der Waals surface area (Å²) in [5.74, 6) is 0.982. The maximum absolute atomic E-state index is 11.3. The zero-order valence-corrected chi connectivity index (χ0v) is 15.0. The average Bonchev–Trinajstić information content (AvgIpc) is 2.34. The Bertz CT molecular complexity index is 271. The van der Waals surface area contributed by atoms with Crippen molar-refractivity contribution in [3.05, 3.63) is 0 Å². The van der Waals surface area contributed by atoms with Gasteiger partial charge in [-0.25, -0.2) is 0 Å².